The van der Waals surface area contributed by atoms with Gasteiger partial charge in [0.25, 0.3) is 0 Å². The zero-order valence-electron chi connectivity index (χ0n) is 18.1. The van der Waals surface area contributed by atoms with Crippen LogP contribution < -0.4 is 0 Å². The molecule has 2 aliphatic rings. The summed E-state index contributed by atoms with van der Waals surface area (Å²) in [6.45, 7) is 3.72. The first-order valence-electron chi connectivity index (χ1n) is 10.8. The molecular formula is C26H25NO5. The highest BCUT2D eigenvalue weighted by Gasteiger charge is 2.86. The monoisotopic (exact) mass is 431 g/mol. The standard InChI is InChI=1S/C26H25NO5/c1-3-31-21(28)17-25(24(30)32-4-2)20-15-16-27-22(18-11-7-5-8-12-18)26(20,25)23(29)19-13-9-6-10-14-19/h5-16,20H,3-4,17H2,1-2H3/t20-,25+,26+/m1/s1. The lowest BCUT2D eigenvalue weighted by Gasteiger charge is -2.25. The molecule has 0 aromatic heterocycles. The van der Waals surface area contributed by atoms with E-state index >= 15 is 0 Å². The second kappa shape index (κ2) is 8.54. The highest BCUT2D eigenvalue weighted by Crippen LogP contribution is 2.75. The zero-order chi connectivity index (χ0) is 22.8. The Morgan fingerprint density at radius 2 is 1.53 bits per heavy atom. The first-order chi connectivity index (χ1) is 15.5. The minimum Gasteiger partial charge on any atom is -0.466 e. The average Bonchev–Trinajstić information content (AvgIpc) is 3.43. The topological polar surface area (TPSA) is 82.0 Å². The highest BCUT2D eigenvalue weighted by molar-refractivity contribution is 6.29. The fourth-order valence-corrected chi connectivity index (χ4v) is 5.01. The minimum absolute atomic E-state index is 0.132. The third kappa shape index (κ3) is 3.09. The average molecular weight is 431 g/mol. The van der Waals surface area contributed by atoms with Crippen LogP contribution in [0.1, 0.15) is 36.2 Å². The van der Waals surface area contributed by atoms with E-state index in [4.69, 9.17) is 9.47 Å². The van der Waals surface area contributed by atoms with Gasteiger partial charge in [0.1, 0.15) is 10.8 Å². The summed E-state index contributed by atoms with van der Waals surface area (Å²) >= 11 is 0. The van der Waals surface area contributed by atoms with Crippen LogP contribution in [0.4, 0.5) is 0 Å². The molecule has 0 radical (unpaired) electrons. The molecular weight excluding hydrogens is 406 g/mol. The molecule has 0 spiro atoms. The fraction of sp³-hybridized carbons (Fsp3) is 0.308. The maximum Gasteiger partial charge on any atom is 0.314 e. The van der Waals surface area contributed by atoms with Gasteiger partial charge in [0.05, 0.1) is 25.3 Å². The molecule has 0 saturated heterocycles. The van der Waals surface area contributed by atoms with Gasteiger partial charge in [-0.15, -0.1) is 0 Å². The largest absolute Gasteiger partial charge is 0.466 e. The molecule has 32 heavy (non-hydrogen) atoms. The number of hydrogen-bond donors (Lipinski definition) is 0. The Morgan fingerprint density at radius 3 is 2.16 bits per heavy atom. The summed E-state index contributed by atoms with van der Waals surface area (Å²) in [7, 11) is 0. The number of aliphatic imine (C=N–C) groups is 1. The summed E-state index contributed by atoms with van der Waals surface area (Å²) in [5, 5.41) is 0. The number of ether oxygens (including phenoxy) is 2. The maximum absolute atomic E-state index is 14.1. The molecule has 0 N–H and O–H groups in total. The first-order valence-corrected chi connectivity index (χ1v) is 10.8. The van der Waals surface area contributed by atoms with E-state index in [1.54, 1.807) is 50.4 Å². The van der Waals surface area contributed by atoms with Crippen molar-refractivity contribution in [3.8, 4) is 0 Å². The third-order valence-corrected chi connectivity index (χ3v) is 6.28. The van der Waals surface area contributed by atoms with Crippen LogP contribution in [0.15, 0.2) is 77.9 Å². The Kier molecular flexibility index (Phi) is 5.78. The van der Waals surface area contributed by atoms with Crippen molar-refractivity contribution in [2.24, 2.45) is 21.7 Å². The van der Waals surface area contributed by atoms with E-state index in [-0.39, 0.29) is 25.4 Å². The lowest BCUT2D eigenvalue weighted by molar-refractivity contribution is -0.157. The number of benzene rings is 2. The molecule has 6 heteroatoms. The van der Waals surface area contributed by atoms with Crippen LogP contribution in [-0.2, 0) is 19.1 Å². The van der Waals surface area contributed by atoms with Gasteiger partial charge in [-0.2, -0.15) is 0 Å². The quantitative estimate of drug-likeness (QED) is 0.466. The van der Waals surface area contributed by atoms with Crippen molar-refractivity contribution in [2.45, 2.75) is 20.3 Å². The van der Waals surface area contributed by atoms with Crippen molar-refractivity contribution in [3.63, 3.8) is 0 Å². The van der Waals surface area contributed by atoms with E-state index in [2.05, 4.69) is 4.99 Å². The molecule has 164 valence electrons. The number of nitrogens with zero attached hydrogens (tertiary/aromatic N) is 1. The predicted octanol–water partition coefficient (Wildman–Crippen LogP) is 4.00. The van der Waals surface area contributed by atoms with Gasteiger partial charge in [-0.3, -0.25) is 19.4 Å². The number of allylic oxidation sites excluding steroid dienone is 1. The SMILES string of the molecule is CCOC(=O)C[C@@]1(C(=O)OCC)[C@H]2C=CN=C(c3ccccc3)[C@]21C(=O)c1ccccc1. The Balaban J connectivity index is 1.94. The summed E-state index contributed by atoms with van der Waals surface area (Å²) in [5.74, 6) is -1.96. The van der Waals surface area contributed by atoms with E-state index in [1.165, 1.54) is 0 Å². The summed E-state index contributed by atoms with van der Waals surface area (Å²) in [4.78, 5) is 44.9. The predicted molar refractivity (Wildman–Crippen MR) is 119 cm³/mol. The molecule has 3 atom stereocenters. The van der Waals surface area contributed by atoms with Gasteiger partial charge in [0.15, 0.2) is 5.78 Å². The summed E-state index contributed by atoms with van der Waals surface area (Å²) < 4.78 is 10.6. The van der Waals surface area contributed by atoms with Gasteiger partial charge < -0.3 is 9.47 Å². The second-order valence-electron chi connectivity index (χ2n) is 7.84. The number of esters is 2. The van der Waals surface area contributed by atoms with Crippen LogP contribution in [0.3, 0.4) is 0 Å². The second-order valence-corrected chi connectivity index (χ2v) is 7.84. The Bertz CT molecular complexity index is 1090. The van der Waals surface area contributed by atoms with Crippen LogP contribution >= 0.6 is 0 Å². The van der Waals surface area contributed by atoms with Crippen molar-refractivity contribution in [1.29, 1.82) is 0 Å². The van der Waals surface area contributed by atoms with Gasteiger partial charge in [0, 0.05) is 17.7 Å². The normalized spacial score (nSPS) is 25.3. The van der Waals surface area contributed by atoms with Gasteiger partial charge in [-0.1, -0.05) is 66.7 Å². The number of carbonyl (C=O) groups excluding carboxylic acids is 3. The van der Waals surface area contributed by atoms with E-state index in [0.29, 0.717) is 11.3 Å². The van der Waals surface area contributed by atoms with E-state index < -0.39 is 28.7 Å². The van der Waals surface area contributed by atoms with Gasteiger partial charge >= 0.3 is 11.9 Å². The Hall–Kier alpha value is -3.54. The number of hydrogen-bond acceptors (Lipinski definition) is 6. The van der Waals surface area contributed by atoms with Crippen molar-refractivity contribution in [3.05, 3.63) is 84.1 Å². The number of ketones is 1. The molecule has 0 bridgehead atoms. The summed E-state index contributed by atoms with van der Waals surface area (Å²) in [6, 6.07) is 18.1. The molecule has 0 amide bonds. The van der Waals surface area contributed by atoms with Crippen LogP contribution in [0.25, 0.3) is 0 Å². The Labute approximate surface area is 187 Å². The van der Waals surface area contributed by atoms with Crippen molar-refractivity contribution >= 4 is 23.4 Å². The number of fused-ring (bicyclic) bond motifs is 1. The molecule has 1 fully saturated rings. The Morgan fingerprint density at radius 1 is 0.906 bits per heavy atom. The molecule has 2 aromatic rings. The summed E-state index contributed by atoms with van der Waals surface area (Å²) in [6.07, 6.45) is 3.08. The molecule has 1 aliphatic heterocycles. The molecule has 1 aliphatic carbocycles. The lowest BCUT2D eigenvalue weighted by Crippen LogP contribution is -2.39. The minimum atomic E-state index is -1.43. The number of rotatable bonds is 8. The molecule has 1 saturated carbocycles. The molecule has 0 unspecified atom stereocenters. The number of Topliss-reactive ketones (excluding diaryl/α,β-unsaturated/α-hetero) is 1. The first kappa shape index (κ1) is 21.7. The van der Waals surface area contributed by atoms with Crippen molar-refractivity contribution in [1.82, 2.24) is 0 Å². The molecule has 2 aromatic carbocycles. The van der Waals surface area contributed by atoms with Crippen LogP contribution in [0.2, 0.25) is 0 Å². The molecule has 4 rings (SSSR count). The van der Waals surface area contributed by atoms with Crippen molar-refractivity contribution < 1.29 is 23.9 Å². The van der Waals surface area contributed by atoms with Crippen LogP contribution in [0.5, 0.6) is 0 Å². The third-order valence-electron chi connectivity index (χ3n) is 6.28. The number of carbonyl (C=O) groups is 3. The lowest BCUT2D eigenvalue weighted by atomic mass is 9.77. The molecule has 6 nitrogen and oxygen atoms in total. The zero-order valence-corrected chi connectivity index (χ0v) is 18.1. The van der Waals surface area contributed by atoms with E-state index in [9.17, 15) is 14.4 Å². The van der Waals surface area contributed by atoms with E-state index in [1.807, 2.05) is 36.4 Å². The van der Waals surface area contributed by atoms with Gasteiger partial charge in [-0.25, -0.2) is 0 Å². The highest BCUT2D eigenvalue weighted by atomic mass is 16.5. The smallest absolute Gasteiger partial charge is 0.314 e. The van der Waals surface area contributed by atoms with Crippen LogP contribution in [0, 0.1) is 16.7 Å². The van der Waals surface area contributed by atoms with Gasteiger partial charge in [0.2, 0.25) is 0 Å². The van der Waals surface area contributed by atoms with Crippen molar-refractivity contribution in [2.75, 3.05) is 13.2 Å². The maximum atomic E-state index is 14.1. The molecule has 1 heterocycles. The van der Waals surface area contributed by atoms with E-state index in [0.717, 1.165) is 5.56 Å². The van der Waals surface area contributed by atoms with Crippen LogP contribution in [-0.4, -0.2) is 36.6 Å². The summed E-state index contributed by atoms with van der Waals surface area (Å²) in [5.41, 5.74) is -1.14. The fourth-order valence-electron chi connectivity index (χ4n) is 5.01. The van der Waals surface area contributed by atoms with Gasteiger partial charge in [-0.05, 0) is 19.4 Å².